The van der Waals surface area contributed by atoms with Crippen LogP contribution in [0.1, 0.15) is 76.7 Å². The standard InChI is InChI=1S/C24H31BrN2O2S/c1-2-29-21-14-13-18(25)15-17(21)16-22-23(28)27(20-11-7-4-8-12-20)24(30-22)26-19-9-5-3-6-10-19/h13-16,19-20H,2-12H2,1H3. The summed E-state index contributed by atoms with van der Waals surface area (Å²) in [5, 5.41) is 0.929. The number of benzene rings is 1. The highest BCUT2D eigenvalue weighted by Gasteiger charge is 2.39. The number of rotatable bonds is 5. The molecule has 0 unspecified atom stereocenters. The summed E-state index contributed by atoms with van der Waals surface area (Å²) < 4.78 is 6.78. The number of thioether (sulfide) groups is 1. The van der Waals surface area contributed by atoms with Crippen molar-refractivity contribution in [1.82, 2.24) is 4.90 Å². The van der Waals surface area contributed by atoms with Crippen molar-refractivity contribution in [2.45, 2.75) is 83.2 Å². The zero-order valence-electron chi connectivity index (χ0n) is 17.7. The van der Waals surface area contributed by atoms with E-state index in [1.54, 1.807) is 11.8 Å². The summed E-state index contributed by atoms with van der Waals surface area (Å²) in [6.45, 7) is 2.58. The first-order chi connectivity index (χ1) is 14.7. The predicted octanol–water partition coefficient (Wildman–Crippen LogP) is 6.79. The van der Waals surface area contributed by atoms with Gasteiger partial charge in [0.1, 0.15) is 5.75 Å². The van der Waals surface area contributed by atoms with Crippen LogP contribution in [-0.4, -0.2) is 34.7 Å². The Hall–Kier alpha value is -1.27. The van der Waals surface area contributed by atoms with E-state index in [4.69, 9.17) is 9.73 Å². The highest BCUT2D eigenvalue weighted by atomic mass is 79.9. The Kier molecular flexibility index (Phi) is 7.58. The van der Waals surface area contributed by atoms with Crippen LogP contribution in [0.3, 0.4) is 0 Å². The van der Waals surface area contributed by atoms with E-state index in [-0.39, 0.29) is 5.91 Å². The number of hydrogen-bond donors (Lipinski definition) is 0. The average Bonchev–Trinajstić information content (AvgIpc) is 3.06. The van der Waals surface area contributed by atoms with Gasteiger partial charge in [-0.15, -0.1) is 0 Å². The van der Waals surface area contributed by atoms with Gasteiger partial charge >= 0.3 is 0 Å². The Morgan fingerprint density at radius 2 is 1.83 bits per heavy atom. The maximum atomic E-state index is 13.5. The quantitative estimate of drug-likeness (QED) is 0.426. The van der Waals surface area contributed by atoms with Gasteiger partial charge in [0.15, 0.2) is 5.17 Å². The number of ether oxygens (including phenoxy) is 1. The number of nitrogens with zero attached hydrogens (tertiary/aromatic N) is 2. The second-order valence-corrected chi connectivity index (χ2v) is 10.3. The summed E-state index contributed by atoms with van der Waals surface area (Å²) in [7, 11) is 0. The van der Waals surface area contributed by atoms with Crippen molar-refractivity contribution in [1.29, 1.82) is 0 Å². The van der Waals surface area contributed by atoms with Gasteiger partial charge in [-0.2, -0.15) is 0 Å². The maximum Gasteiger partial charge on any atom is 0.267 e. The van der Waals surface area contributed by atoms with E-state index < -0.39 is 0 Å². The molecule has 1 saturated heterocycles. The van der Waals surface area contributed by atoms with Gasteiger partial charge in [-0.25, -0.2) is 0 Å². The summed E-state index contributed by atoms with van der Waals surface area (Å²) in [6.07, 6.45) is 14.0. The summed E-state index contributed by atoms with van der Waals surface area (Å²) in [5.41, 5.74) is 0.935. The number of amidine groups is 1. The van der Waals surface area contributed by atoms with Crippen molar-refractivity contribution in [3.63, 3.8) is 0 Å². The third-order valence-electron chi connectivity index (χ3n) is 6.20. The molecule has 0 bridgehead atoms. The third kappa shape index (κ3) is 5.13. The maximum absolute atomic E-state index is 13.5. The monoisotopic (exact) mass is 490 g/mol. The lowest BCUT2D eigenvalue weighted by atomic mass is 9.94. The molecular weight excluding hydrogens is 460 g/mol. The molecule has 0 spiro atoms. The molecule has 4 nitrogen and oxygen atoms in total. The van der Waals surface area contributed by atoms with Gasteiger partial charge in [0, 0.05) is 16.1 Å². The first-order valence-corrected chi connectivity index (χ1v) is 13.0. The Labute approximate surface area is 192 Å². The molecule has 1 heterocycles. The molecule has 2 saturated carbocycles. The fourth-order valence-corrected chi connectivity index (χ4v) is 6.14. The topological polar surface area (TPSA) is 41.9 Å². The van der Waals surface area contributed by atoms with E-state index in [0.29, 0.717) is 18.7 Å². The smallest absolute Gasteiger partial charge is 0.267 e. The van der Waals surface area contributed by atoms with E-state index >= 15 is 0 Å². The SMILES string of the molecule is CCOc1ccc(Br)cc1C=C1SC(=NC2CCCCC2)N(C2CCCCC2)C1=O. The van der Waals surface area contributed by atoms with Gasteiger partial charge in [0.2, 0.25) is 0 Å². The van der Waals surface area contributed by atoms with Crippen LogP contribution in [0.4, 0.5) is 0 Å². The zero-order chi connectivity index (χ0) is 20.9. The van der Waals surface area contributed by atoms with Crippen LogP contribution in [0.5, 0.6) is 5.75 Å². The molecule has 1 aromatic rings. The van der Waals surface area contributed by atoms with Gasteiger partial charge in [0.25, 0.3) is 5.91 Å². The van der Waals surface area contributed by atoms with E-state index in [1.807, 2.05) is 36.1 Å². The number of carbonyl (C=O) groups is 1. The van der Waals surface area contributed by atoms with E-state index in [9.17, 15) is 4.79 Å². The highest BCUT2D eigenvalue weighted by molar-refractivity contribution is 9.10. The van der Waals surface area contributed by atoms with Crippen molar-refractivity contribution in [2.75, 3.05) is 6.61 Å². The first-order valence-electron chi connectivity index (χ1n) is 11.4. The molecule has 0 radical (unpaired) electrons. The fourth-order valence-electron chi connectivity index (χ4n) is 4.66. The Bertz CT molecular complexity index is 826. The van der Waals surface area contributed by atoms with Gasteiger partial charge < -0.3 is 4.74 Å². The summed E-state index contributed by atoms with van der Waals surface area (Å²) in [4.78, 5) is 21.4. The lowest BCUT2D eigenvalue weighted by Crippen LogP contribution is -2.41. The molecule has 0 atom stereocenters. The molecule has 162 valence electrons. The summed E-state index contributed by atoms with van der Waals surface area (Å²) >= 11 is 5.11. The van der Waals surface area contributed by atoms with Crippen molar-refractivity contribution < 1.29 is 9.53 Å². The second-order valence-electron chi connectivity index (χ2n) is 8.40. The predicted molar refractivity (Wildman–Crippen MR) is 129 cm³/mol. The summed E-state index contributed by atoms with van der Waals surface area (Å²) in [6, 6.07) is 6.61. The number of carbonyl (C=O) groups excluding carboxylic acids is 1. The van der Waals surface area contributed by atoms with Crippen molar-refractivity contribution in [3.05, 3.63) is 33.1 Å². The Balaban J connectivity index is 1.66. The molecular formula is C24H31BrN2O2S. The lowest BCUT2D eigenvalue weighted by Gasteiger charge is -2.31. The number of aliphatic imine (C=N–C) groups is 1. The minimum absolute atomic E-state index is 0.115. The normalized spacial score (nSPS) is 24.2. The van der Waals surface area contributed by atoms with Crippen LogP contribution in [0.15, 0.2) is 32.6 Å². The minimum atomic E-state index is 0.115. The van der Waals surface area contributed by atoms with Crippen LogP contribution in [-0.2, 0) is 4.79 Å². The largest absolute Gasteiger partial charge is 0.493 e. The van der Waals surface area contributed by atoms with Gasteiger partial charge in [0.05, 0.1) is 17.6 Å². The van der Waals surface area contributed by atoms with Crippen molar-refractivity contribution in [2.24, 2.45) is 4.99 Å². The fraction of sp³-hybridized carbons (Fsp3) is 0.583. The third-order valence-corrected chi connectivity index (χ3v) is 7.69. The molecule has 0 aromatic heterocycles. The molecule has 30 heavy (non-hydrogen) atoms. The van der Waals surface area contributed by atoms with Crippen LogP contribution in [0, 0.1) is 0 Å². The molecule has 1 aliphatic heterocycles. The zero-order valence-corrected chi connectivity index (χ0v) is 20.1. The van der Waals surface area contributed by atoms with Gasteiger partial charge in [-0.3, -0.25) is 14.7 Å². The number of hydrogen-bond acceptors (Lipinski definition) is 4. The summed E-state index contributed by atoms with van der Waals surface area (Å²) in [5.74, 6) is 0.923. The van der Waals surface area contributed by atoms with Crippen molar-refractivity contribution >= 4 is 44.8 Å². The second kappa shape index (κ2) is 10.4. The van der Waals surface area contributed by atoms with E-state index in [2.05, 4.69) is 15.9 Å². The molecule has 0 N–H and O–H groups in total. The molecule has 6 heteroatoms. The molecule has 3 fully saturated rings. The molecule has 4 rings (SSSR count). The molecule has 1 amide bonds. The van der Waals surface area contributed by atoms with Crippen molar-refractivity contribution in [3.8, 4) is 5.75 Å². The number of halogens is 1. The Morgan fingerprint density at radius 3 is 2.53 bits per heavy atom. The minimum Gasteiger partial charge on any atom is -0.493 e. The van der Waals surface area contributed by atoms with E-state index in [1.165, 1.54) is 38.5 Å². The van der Waals surface area contributed by atoms with Crippen LogP contribution in [0.2, 0.25) is 0 Å². The van der Waals surface area contributed by atoms with Gasteiger partial charge in [-0.1, -0.05) is 54.5 Å². The number of amides is 1. The highest BCUT2D eigenvalue weighted by Crippen LogP contribution is 2.39. The molecule has 2 aliphatic carbocycles. The average molecular weight is 491 g/mol. The van der Waals surface area contributed by atoms with E-state index in [0.717, 1.165) is 51.5 Å². The Morgan fingerprint density at radius 1 is 1.13 bits per heavy atom. The molecule has 1 aromatic carbocycles. The first kappa shape index (κ1) is 21.9. The van der Waals surface area contributed by atoms with Crippen LogP contribution < -0.4 is 4.74 Å². The van der Waals surface area contributed by atoms with Crippen LogP contribution >= 0.6 is 27.7 Å². The lowest BCUT2D eigenvalue weighted by molar-refractivity contribution is -0.124. The molecule has 3 aliphatic rings. The van der Waals surface area contributed by atoms with Crippen LogP contribution in [0.25, 0.3) is 6.08 Å². The van der Waals surface area contributed by atoms with Gasteiger partial charge in [-0.05, 0) is 68.6 Å².